The minimum atomic E-state index is -4.25. The van der Waals surface area contributed by atoms with E-state index in [0.29, 0.717) is 24.8 Å². The second-order valence-electron chi connectivity index (χ2n) is 6.46. The van der Waals surface area contributed by atoms with E-state index >= 15 is 0 Å². The Labute approximate surface area is 158 Å². The van der Waals surface area contributed by atoms with Gasteiger partial charge in [-0.3, -0.25) is 4.57 Å². The number of hydrogen-bond acceptors (Lipinski definition) is 6. The number of carbonyl (C=O) groups is 1. The van der Waals surface area contributed by atoms with Crippen LogP contribution in [0.4, 0.5) is 0 Å². The first-order valence-electron chi connectivity index (χ1n) is 9.49. The lowest BCUT2D eigenvalue weighted by molar-refractivity contribution is -0.923. The fourth-order valence-corrected chi connectivity index (χ4v) is 3.36. The molecule has 0 aromatic rings. The molecule has 0 aliphatic rings. The standard InChI is InChI=1S/C18H36NO6P/c1-6-19(7-2,8-3)13-9-10-15-24-26(21,22)25-16-12-11-14-23-18(20)17(4)5/h4,6-16H2,1-3,5H3. The van der Waals surface area contributed by atoms with Gasteiger partial charge in [0.05, 0.1) is 46.0 Å². The molecule has 7 nitrogen and oxygen atoms in total. The number of phosphoric ester groups is 1. The SMILES string of the molecule is C=C(C)C(=O)OCCCCOP(=O)([O-])OCCCC[N+](CC)(CC)CC. The first-order chi connectivity index (χ1) is 12.2. The predicted octanol–water partition coefficient (Wildman–Crippen LogP) is 3.04. The lowest BCUT2D eigenvalue weighted by atomic mass is 10.2. The summed E-state index contributed by atoms with van der Waals surface area (Å²) in [6, 6.07) is 0. The molecule has 0 aromatic carbocycles. The molecule has 0 rings (SSSR count). The van der Waals surface area contributed by atoms with Gasteiger partial charge in [-0.25, -0.2) is 4.79 Å². The fourth-order valence-electron chi connectivity index (χ4n) is 2.58. The van der Waals surface area contributed by atoms with Gasteiger partial charge in [0, 0.05) is 5.57 Å². The minimum Gasteiger partial charge on any atom is -0.756 e. The molecular formula is C18H36NO6P. The van der Waals surface area contributed by atoms with E-state index < -0.39 is 13.8 Å². The Kier molecular flexibility index (Phi) is 13.1. The highest BCUT2D eigenvalue weighted by Crippen LogP contribution is 2.38. The maximum Gasteiger partial charge on any atom is 0.333 e. The summed E-state index contributed by atoms with van der Waals surface area (Å²) in [5.74, 6) is -0.444. The molecule has 154 valence electrons. The number of esters is 1. The zero-order chi connectivity index (χ0) is 20.1. The highest BCUT2D eigenvalue weighted by Gasteiger charge is 2.19. The van der Waals surface area contributed by atoms with Crippen molar-refractivity contribution in [2.45, 2.75) is 53.4 Å². The van der Waals surface area contributed by atoms with Gasteiger partial charge in [0.25, 0.3) is 7.82 Å². The molecule has 1 unspecified atom stereocenters. The lowest BCUT2D eigenvalue weighted by Gasteiger charge is -2.36. The Morgan fingerprint density at radius 3 is 1.88 bits per heavy atom. The second kappa shape index (κ2) is 13.4. The third-order valence-corrected chi connectivity index (χ3v) is 5.66. The van der Waals surface area contributed by atoms with Crippen LogP contribution in [-0.4, -0.2) is 56.5 Å². The minimum absolute atomic E-state index is 0.0207. The molecule has 26 heavy (non-hydrogen) atoms. The van der Waals surface area contributed by atoms with Crippen LogP contribution in [0, 0.1) is 0 Å². The van der Waals surface area contributed by atoms with Crippen LogP contribution in [0.15, 0.2) is 12.2 Å². The topological polar surface area (TPSA) is 84.9 Å². The van der Waals surface area contributed by atoms with E-state index in [2.05, 4.69) is 27.4 Å². The number of phosphoric acid groups is 1. The number of carbonyl (C=O) groups excluding carboxylic acids is 1. The Hall–Kier alpha value is -0.720. The molecule has 0 aromatic heterocycles. The Balaban J connectivity index is 3.80. The summed E-state index contributed by atoms with van der Waals surface area (Å²) in [6.45, 7) is 16.3. The second-order valence-corrected chi connectivity index (χ2v) is 7.87. The first kappa shape index (κ1) is 25.3. The molecule has 0 aliphatic carbocycles. The molecule has 0 amide bonds. The quantitative estimate of drug-likeness (QED) is 0.132. The average molecular weight is 393 g/mol. The molecule has 1 atom stereocenters. The van der Waals surface area contributed by atoms with Gasteiger partial charge in [0.1, 0.15) is 0 Å². The van der Waals surface area contributed by atoms with E-state index in [-0.39, 0.29) is 19.8 Å². The van der Waals surface area contributed by atoms with Gasteiger partial charge >= 0.3 is 5.97 Å². The molecule has 0 bridgehead atoms. The summed E-state index contributed by atoms with van der Waals surface area (Å²) in [5, 5.41) is 0. The van der Waals surface area contributed by atoms with Crippen molar-refractivity contribution in [3.05, 3.63) is 12.2 Å². The molecule has 0 aliphatic heterocycles. The van der Waals surface area contributed by atoms with Gasteiger partial charge in [-0.2, -0.15) is 0 Å². The third kappa shape index (κ3) is 11.1. The van der Waals surface area contributed by atoms with E-state index in [4.69, 9.17) is 13.8 Å². The van der Waals surface area contributed by atoms with Crippen LogP contribution in [0.3, 0.4) is 0 Å². The Morgan fingerprint density at radius 2 is 1.42 bits per heavy atom. The van der Waals surface area contributed by atoms with Crippen molar-refractivity contribution in [1.82, 2.24) is 0 Å². The van der Waals surface area contributed by atoms with Gasteiger partial charge in [-0.05, 0) is 53.4 Å². The molecule has 0 saturated heterocycles. The molecule has 0 radical (unpaired) electrons. The number of unbranched alkanes of at least 4 members (excludes halogenated alkanes) is 2. The van der Waals surface area contributed by atoms with Crippen LogP contribution in [0.1, 0.15) is 53.4 Å². The predicted molar refractivity (Wildman–Crippen MR) is 101 cm³/mol. The van der Waals surface area contributed by atoms with E-state index in [0.717, 1.165) is 37.1 Å². The van der Waals surface area contributed by atoms with Gasteiger partial charge in [0.15, 0.2) is 0 Å². The summed E-state index contributed by atoms with van der Waals surface area (Å²) < 4.78 is 27.3. The molecular weight excluding hydrogens is 357 g/mol. The first-order valence-corrected chi connectivity index (χ1v) is 11.0. The lowest BCUT2D eigenvalue weighted by Crippen LogP contribution is -2.48. The van der Waals surface area contributed by atoms with Crippen molar-refractivity contribution in [3.63, 3.8) is 0 Å². The fraction of sp³-hybridized carbons (Fsp3) is 0.833. The Morgan fingerprint density at radius 1 is 0.962 bits per heavy atom. The zero-order valence-corrected chi connectivity index (χ0v) is 17.7. The molecule has 0 fully saturated rings. The van der Waals surface area contributed by atoms with Gasteiger partial charge in [-0.15, -0.1) is 0 Å². The molecule has 0 heterocycles. The largest absolute Gasteiger partial charge is 0.756 e. The average Bonchev–Trinajstić information content (AvgIpc) is 2.61. The van der Waals surface area contributed by atoms with Crippen LogP contribution in [0.25, 0.3) is 0 Å². The highest BCUT2D eigenvalue weighted by atomic mass is 31.2. The normalized spacial score (nSPS) is 14.0. The van der Waals surface area contributed by atoms with E-state index in [1.165, 1.54) is 0 Å². The van der Waals surface area contributed by atoms with E-state index in [9.17, 15) is 14.3 Å². The maximum absolute atomic E-state index is 11.7. The summed E-state index contributed by atoms with van der Waals surface area (Å²) in [7, 11) is -4.25. The highest BCUT2D eigenvalue weighted by molar-refractivity contribution is 7.45. The number of rotatable bonds is 16. The monoisotopic (exact) mass is 393 g/mol. The zero-order valence-electron chi connectivity index (χ0n) is 16.8. The van der Waals surface area contributed by atoms with Crippen molar-refractivity contribution in [2.75, 3.05) is 46.0 Å². The van der Waals surface area contributed by atoms with Crippen molar-refractivity contribution in [2.24, 2.45) is 0 Å². The van der Waals surface area contributed by atoms with Crippen molar-refractivity contribution >= 4 is 13.8 Å². The van der Waals surface area contributed by atoms with E-state index in [1.54, 1.807) is 6.92 Å². The van der Waals surface area contributed by atoms with Crippen molar-refractivity contribution < 1.29 is 32.5 Å². The summed E-state index contributed by atoms with van der Waals surface area (Å²) in [4.78, 5) is 22.8. The smallest absolute Gasteiger partial charge is 0.333 e. The van der Waals surface area contributed by atoms with Crippen molar-refractivity contribution in [3.8, 4) is 0 Å². The van der Waals surface area contributed by atoms with Crippen molar-refractivity contribution in [1.29, 1.82) is 0 Å². The third-order valence-electron chi connectivity index (χ3n) is 4.66. The maximum atomic E-state index is 11.7. The van der Waals surface area contributed by atoms with Crippen LogP contribution in [0.2, 0.25) is 0 Å². The number of ether oxygens (including phenoxy) is 1. The van der Waals surface area contributed by atoms with E-state index in [1.807, 2.05) is 0 Å². The molecule has 8 heteroatoms. The molecule has 0 N–H and O–H groups in total. The summed E-state index contributed by atoms with van der Waals surface area (Å²) >= 11 is 0. The number of hydrogen-bond donors (Lipinski definition) is 0. The summed E-state index contributed by atoms with van der Waals surface area (Å²) in [5.41, 5.74) is 0.339. The van der Waals surface area contributed by atoms with Crippen LogP contribution in [0.5, 0.6) is 0 Å². The van der Waals surface area contributed by atoms with Gasteiger partial charge in [0.2, 0.25) is 0 Å². The summed E-state index contributed by atoms with van der Waals surface area (Å²) in [6.07, 6.45) is 2.59. The number of nitrogens with zero attached hydrogens (tertiary/aromatic N) is 1. The van der Waals surface area contributed by atoms with Gasteiger partial charge in [-0.1, -0.05) is 6.58 Å². The van der Waals surface area contributed by atoms with Crippen LogP contribution in [-0.2, 0) is 23.1 Å². The van der Waals surface area contributed by atoms with Crippen LogP contribution < -0.4 is 4.89 Å². The number of quaternary nitrogens is 1. The van der Waals surface area contributed by atoms with Crippen LogP contribution >= 0.6 is 7.82 Å². The molecule has 0 saturated carbocycles. The molecule has 0 spiro atoms. The van der Waals surface area contributed by atoms with Gasteiger partial charge < -0.3 is 23.2 Å². The Bertz CT molecular complexity index is 456.